The van der Waals surface area contributed by atoms with Gasteiger partial charge in [0.25, 0.3) is 5.56 Å². The van der Waals surface area contributed by atoms with E-state index in [1.54, 1.807) is 23.8 Å². The normalized spacial score (nSPS) is 14.5. The summed E-state index contributed by atoms with van der Waals surface area (Å²) < 4.78 is 6.47. The minimum atomic E-state index is -0.332. The fourth-order valence-electron chi connectivity index (χ4n) is 3.55. The second kappa shape index (κ2) is 10.0. The average molecular weight is 416 g/mol. The third-order valence-corrected chi connectivity index (χ3v) is 5.05. The molecule has 0 aliphatic carbocycles. The molecule has 1 fully saturated rings. The Balaban J connectivity index is 1.56. The smallest absolute Gasteiger partial charge is 0.315 e. The van der Waals surface area contributed by atoms with Gasteiger partial charge in [-0.2, -0.15) is 0 Å². The minimum Gasteiger partial charge on any atom is -0.466 e. The van der Waals surface area contributed by atoms with Crippen LogP contribution in [0.25, 0.3) is 11.2 Å². The lowest BCUT2D eigenvalue weighted by Gasteiger charge is -2.33. The predicted octanol–water partition coefficient (Wildman–Crippen LogP) is 1.03. The number of esters is 1. The first-order valence-electron chi connectivity index (χ1n) is 10.3. The number of nitrogens with one attached hydrogen (secondary N) is 2. The van der Waals surface area contributed by atoms with Crippen molar-refractivity contribution >= 4 is 29.0 Å². The van der Waals surface area contributed by atoms with Crippen molar-refractivity contribution in [2.75, 3.05) is 31.1 Å². The maximum atomic E-state index is 12.9. The van der Waals surface area contributed by atoms with Gasteiger partial charge >= 0.3 is 12.0 Å². The molecule has 2 aromatic heterocycles. The lowest BCUT2D eigenvalue weighted by atomic mass is 10.1. The molecule has 1 aliphatic heterocycles. The molecule has 30 heavy (non-hydrogen) atoms. The summed E-state index contributed by atoms with van der Waals surface area (Å²) >= 11 is 0. The molecule has 0 unspecified atom stereocenters. The lowest BCUT2D eigenvalue weighted by molar-refractivity contribution is -0.142. The van der Waals surface area contributed by atoms with Crippen molar-refractivity contribution in [2.24, 2.45) is 0 Å². The quantitative estimate of drug-likeness (QED) is 0.647. The fraction of sp³-hybridized carbons (Fsp3) is 0.550. The number of piperidine rings is 1. The Morgan fingerprint density at radius 2 is 2.03 bits per heavy atom. The molecule has 0 bridgehead atoms. The largest absolute Gasteiger partial charge is 0.466 e. The number of nitrogens with zero attached hydrogens (tertiary/aromatic N) is 4. The number of anilines is 1. The zero-order chi connectivity index (χ0) is 21.5. The highest BCUT2D eigenvalue weighted by Crippen LogP contribution is 2.17. The first-order chi connectivity index (χ1) is 14.5. The van der Waals surface area contributed by atoms with E-state index in [0.717, 1.165) is 0 Å². The number of pyridine rings is 1. The Morgan fingerprint density at radius 3 is 2.73 bits per heavy atom. The van der Waals surface area contributed by atoms with Gasteiger partial charge in [-0.15, -0.1) is 0 Å². The Labute approximate surface area is 174 Å². The Hall–Kier alpha value is -3.17. The minimum absolute atomic E-state index is 0.000586. The molecule has 3 heterocycles. The number of rotatable bonds is 7. The third kappa shape index (κ3) is 5.05. The van der Waals surface area contributed by atoms with Crippen LogP contribution in [0.4, 0.5) is 10.6 Å². The average Bonchev–Trinajstić information content (AvgIpc) is 2.74. The van der Waals surface area contributed by atoms with Crippen LogP contribution in [0.2, 0.25) is 0 Å². The number of carbonyl (C=O) groups excluding carboxylic acids is 2. The second-order valence-corrected chi connectivity index (χ2v) is 7.05. The third-order valence-electron chi connectivity index (χ3n) is 5.05. The van der Waals surface area contributed by atoms with Crippen LogP contribution in [0.5, 0.6) is 0 Å². The molecule has 2 N–H and O–H groups in total. The summed E-state index contributed by atoms with van der Waals surface area (Å²) in [6.07, 6.45) is 3.20. The van der Waals surface area contributed by atoms with E-state index in [1.807, 2.05) is 17.9 Å². The van der Waals surface area contributed by atoms with E-state index in [4.69, 9.17) is 4.74 Å². The summed E-state index contributed by atoms with van der Waals surface area (Å²) in [4.78, 5) is 47.0. The first-order valence-corrected chi connectivity index (χ1v) is 10.3. The van der Waals surface area contributed by atoms with E-state index < -0.39 is 0 Å². The predicted molar refractivity (Wildman–Crippen MR) is 112 cm³/mol. The SMILES string of the molecule is CCOC(=O)CCNC(=O)NC1CCN(c2nc3cccnc3n(CC)c2=O)CC1. The molecule has 10 nitrogen and oxygen atoms in total. The lowest BCUT2D eigenvalue weighted by Crippen LogP contribution is -2.49. The molecule has 2 aromatic rings. The molecule has 0 spiro atoms. The topological polar surface area (TPSA) is 118 Å². The van der Waals surface area contributed by atoms with E-state index >= 15 is 0 Å². The molecule has 3 rings (SSSR count). The number of carbonyl (C=O) groups is 2. The first kappa shape index (κ1) is 21.5. The molecule has 0 radical (unpaired) electrons. The highest BCUT2D eigenvalue weighted by molar-refractivity contribution is 5.76. The summed E-state index contributed by atoms with van der Waals surface area (Å²) in [5.74, 6) is 0.0941. The number of amides is 2. The molecular formula is C20H28N6O4. The van der Waals surface area contributed by atoms with Gasteiger partial charge in [0.15, 0.2) is 11.5 Å². The van der Waals surface area contributed by atoms with E-state index in [1.165, 1.54) is 0 Å². The van der Waals surface area contributed by atoms with Crippen LogP contribution in [0, 0.1) is 0 Å². The van der Waals surface area contributed by atoms with Crippen molar-refractivity contribution in [3.8, 4) is 0 Å². The molecule has 162 valence electrons. The summed E-state index contributed by atoms with van der Waals surface area (Å²) in [5, 5.41) is 5.59. The summed E-state index contributed by atoms with van der Waals surface area (Å²) in [7, 11) is 0. The van der Waals surface area contributed by atoms with Crippen LogP contribution >= 0.6 is 0 Å². The molecular weight excluding hydrogens is 388 g/mol. The van der Waals surface area contributed by atoms with Crippen LogP contribution < -0.4 is 21.1 Å². The van der Waals surface area contributed by atoms with Crippen LogP contribution in [-0.2, 0) is 16.1 Å². The highest BCUT2D eigenvalue weighted by Gasteiger charge is 2.24. The van der Waals surface area contributed by atoms with Crippen molar-refractivity contribution in [3.05, 3.63) is 28.7 Å². The number of fused-ring (bicyclic) bond motifs is 1. The van der Waals surface area contributed by atoms with Gasteiger partial charge in [-0.1, -0.05) is 0 Å². The van der Waals surface area contributed by atoms with Crippen molar-refractivity contribution in [2.45, 2.75) is 45.7 Å². The number of ether oxygens (including phenoxy) is 1. The standard InChI is InChI=1S/C20H28N6O4/c1-3-26-17-15(6-5-10-21-17)24-18(19(26)28)25-12-8-14(9-13-25)23-20(29)22-11-7-16(27)30-4-2/h5-6,10,14H,3-4,7-9,11-13H2,1-2H3,(H2,22,23,29). The molecule has 0 aromatic carbocycles. The van der Waals surface area contributed by atoms with E-state index in [2.05, 4.69) is 20.6 Å². The van der Waals surface area contributed by atoms with E-state index in [-0.39, 0.29) is 36.6 Å². The molecule has 0 atom stereocenters. The number of hydrogen-bond donors (Lipinski definition) is 2. The van der Waals surface area contributed by atoms with Gasteiger partial charge in [0.2, 0.25) is 0 Å². The maximum absolute atomic E-state index is 12.9. The van der Waals surface area contributed by atoms with Crippen molar-refractivity contribution in [1.82, 2.24) is 25.2 Å². The van der Waals surface area contributed by atoms with Crippen LogP contribution in [0.3, 0.4) is 0 Å². The van der Waals surface area contributed by atoms with E-state index in [9.17, 15) is 14.4 Å². The number of hydrogen-bond acceptors (Lipinski definition) is 7. The Kier molecular flexibility index (Phi) is 7.21. The zero-order valence-corrected chi connectivity index (χ0v) is 17.4. The number of aryl methyl sites for hydroxylation is 1. The van der Waals surface area contributed by atoms with Gasteiger partial charge in [-0.25, -0.2) is 14.8 Å². The number of urea groups is 1. The van der Waals surface area contributed by atoms with Gasteiger partial charge in [0, 0.05) is 38.4 Å². The second-order valence-electron chi connectivity index (χ2n) is 7.05. The summed E-state index contributed by atoms with van der Waals surface area (Å²) in [6.45, 7) is 5.97. The monoisotopic (exact) mass is 416 g/mol. The summed E-state index contributed by atoms with van der Waals surface area (Å²) in [6, 6.07) is 3.35. The van der Waals surface area contributed by atoms with Crippen molar-refractivity contribution in [3.63, 3.8) is 0 Å². The van der Waals surface area contributed by atoms with Gasteiger partial charge in [-0.3, -0.25) is 14.2 Å². The van der Waals surface area contributed by atoms with Crippen LogP contribution in [0.1, 0.15) is 33.1 Å². The molecule has 1 saturated heterocycles. The summed E-state index contributed by atoms with van der Waals surface area (Å²) in [5.41, 5.74) is 1.13. The van der Waals surface area contributed by atoms with Crippen molar-refractivity contribution < 1.29 is 14.3 Å². The Morgan fingerprint density at radius 1 is 1.27 bits per heavy atom. The van der Waals surface area contributed by atoms with Gasteiger partial charge in [0.05, 0.1) is 13.0 Å². The molecule has 1 aliphatic rings. The molecule has 10 heteroatoms. The zero-order valence-electron chi connectivity index (χ0n) is 17.4. The number of aromatic nitrogens is 3. The van der Waals surface area contributed by atoms with Gasteiger partial charge < -0.3 is 20.3 Å². The van der Waals surface area contributed by atoms with Crippen LogP contribution in [-0.4, -0.2) is 58.8 Å². The van der Waals surface area contributed by atoms with E-state index in [0.29, 0.717) is 56.1 Å². The maximum Gasteiger partial charge on any atom is 0.315 e. The van der Waals surface area contributed by atoms with Crippen molar-refractivity contribution in [1.29, 1.82) is 0 Å². The Bertz CT molecular complexity index is 952. The van der Waals surface area contributed by atoms with Gasteiger partial charge in [0.1, 0.15) is 5.52 Å². The van der Waals surface area contributed by atoms with Crippen LogP contribution in [0.15, 0.2) is 23.1 Å². The fourth-order valence-corrected chi connectivity index (χ4v) is 3.55. The highest BCUT2D eigenvalue weighted by atomic mass is 16.5. The van der Waals surface area contributed by atoms with Gasteiger partial charge in [-0.05, 0) is 38.8 Å². The molecule has 0 saturated carbocycles. The molecule has 2 amide bonds.